The van der Waals surface area contributed by atoms with Gasteiger partial charge in [0.15, 0.2) is 5.57 Å². The van der Waals surface area contributed by atoms with E-state index in [-0.39, 0.29) is 15.8 Å². The maximum absolute atomic E-state index is 13.4. The number of carbonyl (C=O) groups is 1. The van der Waals surface area contributed by atoms with Crippen LogP contribution in [0.2, 0.25) is 0 Å². The molecule has 6 heteroatoms. The summed E-state index contributed by atoms with van der Waals surface area (Å²) < 4.78 is 2.12. The summed E-state index contributed by atoms with van der Waals surface area (Å²) in [5.74, 6) is -0.562. The van der Waals surface area contributed by atoms with E-state index in [4.69, 9.17) is 0 Å². The van der Waals surface area contributed by atoms with Crippen molar-refractivity contribution in [1.29, 1.82) is 5.26 Å². The van der Waals surface area contributed by atoms with Crippen LogP contribution in [-0.4, -0.2) is 10.5 Å². The number of rotatable bonds is 5. The summed E-state index contributed by atoms with van der Waals surface area (Å²) in [4.78, 5) is 26.5. The van der Waals surface area contributed by atoms with Gasteiger partial charge in [-0.05, 0) is 60.9 Å². The number of para-hydroxylation sites is 1. The van der Waals surface area contributed by atoms with Crippen LogP contribution < -0.4 is 20.1 Å². The molecule has 0 atom stereocenters. The average molecular weight is 478 g/mol. The van der Waals surface area contributed by atoms with Crippen LogP contribution in [0.3, 0.4) is 0 Å². The van der Waals surface area contributed by atoms with E-state index in [0.29, 0.717) is 15.9 Å². The third kappa shape index (κ3) is 5.37. The summed E-state index contributed by atoms with van der Waals surface area (Å²) >= 11 is 1.12. The van der Waals surface area contributed by atoms with Gasteiger partial charge in [0.1, 0.15) is 10.7 Å². The van der Waals surface area contributed by atoms with Crippen molar-refractivity contribution < 1.29 is 4.79 Å². The highest BCUT2D eigenvalue weighted by molar-refractivity contribution is 7.07. The Hall–Kier alpha value is -4.47. The fourth-order valence-corrected chi connectivity index (χ4v) is 4.55. The van der Waals surface area contributed by atoms with E-state index in [1.54, 1.807) is 30.4 Å². The maximum Gasteiger partial charge on any atom is 0.273 e. The molecule has 0 unspecified atom stereocenters. The molecule has 1 N–H and O–H groups in total. The highest BCUT2D eigenvalue weighted by atomic mass is 32.1. The van der Waals surface area contributed by atoms with Crippen molar-refractivity contribution in [2.24, 2.45) is 0 Å². The first-order chi connectivity index (χ1) is 17.0. The van der Waals surface area contributed by atoms with Crippen LogP contribution in [0.25, 0.3) is 23.4 Å². The number of hydrogen-bond acceptors (Lipinski definition) is 4. The van der Waals surface area contributed by atoms with Crippen molar-refractivity contribution in [1.82, 2.24) is 4.57 Å². The largest absolute Gasteiger partial charge is 0.321 e. The van der Waals surface area contributed by atoms with Crippen molar-refractivity contribution in [2.75, 3.05) is 5.32 Å². The number of aromatic nitrogens is 1. The smallest absolute Gasteiger partial charge is 0.273 e. The van der Waals surface area contributed by atoms with Crippen LogP contribution >= 0.6 is 11.3 Å². The topological polar surface area (TPSA) is 74.9 Å². The number of anilines is 1. The van der Waals surface area contributed by atoms with Crippen molar-refractivity contribution in [3.05, 3.63) is 121 Å². The van der Waals surface area contributed by atoms with Crippen LogP contribution in [-0.2, 0) is 4.79 Å². The maximum atomic E-state index is 13.4. The number of nitrogens with zero attached hydrogens (tertiary/aromatic N) is 2. The molecule has 0 aliphatic rings. The average Bonchev–Trinajstić information content (AvgIpc) is 3.18. The van der Waals surface area contributed by atoms with Gasteiger partial charge in [0.2, 0.25) is 0 Å². The molecular formula is C29H23N3O2S. The van der Waals surface area contributed by atoms with Crippen molar-refractivity contribution in [2.45, 2.75) is 13.8 Å². The van der Waals surface area contributed by atoms with Gasteiger partial charge in [0.05, 0.1) is 10.2 Å². The lowest BCUT2D eigenvalue weighted by atomic mass is 10.1. The normalized spacial score (nSPS) is 12.4. The lowest BCUT2D eigenvalue weighted by Crippen LogP contribution is -2.32. The minimum absolute atomic E-state index is 0.124. The first-order valence-electron chi connectivity index (χ1n) is 11.0. The molecule has 0 bridgehead atoms. The molecule has 4 rings (SSSR count). The molecular weight excluding hydrogens is 454 g/mol. The second-order valence-electron chi connectivity index (χ2n) is 7.92. The molecule has 1 aromatic heterocycles. The van der Waals surface area contributed by atoms with Crippen molar-refractivity contribution in [3.63, 3.8) is 0 Å². The molecule has 0 saturated heterocycles. The van der Waals surface area contributed by atoms with E-state index in [2.05, 4.69) is 5.32 Å². The molecule has 35 heavy (non-hydrogen) atoms. The second-order valence-corrected chi connectivity index (χ2v) is 8.95. The van der Waals surface area contributed by atoms with Crippen LogP contribution in [0.15, 0.2) is 89.7 Å². The van der Waals surface area contributed by atoms with E-state index in [1.807, 2.05) is 86.7 Å². The Bertz CT molecular complexity index is 1620. The second kappa shape index (κ2) is 10.6. The van der Waals surface area contributed by atoms with Crippen molar-refractivity contribution in [3.8, 4) is 11.8 Å². The fourth-order valence-electron chi connectivity index (χ4n) is 3.49. The molecule has 5 nitrogen and oxygen atoms in total. The van der Waals surface area contributed by atoms with E-state index in [1.165, 1.54) is 4.57 Å². The molecule has 0 aliphatic heterocycles. The van der Waals surface area contributed by atoms with E-state index >= 15 is 0 Å². The SMILES string of the molecule is Cc1ccc(NC(=O)/C(C#N)=c2\sc(=C/C=C/c3ccccc3)c(=O)n2-c2ccccc2)cc1C. The Morgan fingerprint density at radius 1 is 0.971 bits per heavy atom. The number of nitriles is 1. The predicted molar refractivity (Wildman–Crippen MR) is 143 cm³/mol. The minimum atomic E-state index is -0.562. The van der Waals surface area contributed by atoms with Gasteiger partial charge >= 0.3 is 0 Å². The minimum Gasteiger partial charge on any atom is -0.321 e. The summed E-state index contributed by atoms with van der Waals surface area (Å²) in [6.45, 7) is 3.94. The molecule has 1 amide bonds. The third-order valence-corrected chi connectivity index (χ3v) is 6.60. The van der Waals surface area contributed by atoms with E-state index in [0.717, 1.165) is 28.0 Å². The van der Waals surface area contributed by atoms with E-state index in [9.17, 15) is 14.9 Å². The predicted octanol–water partition coefficient (Wildman–Crippen LogP) is 4.32. The first kappa shape index (κ1) is 23.7. The quantitative estimate of drug-likeness (QED) is 0.465. The van der Waals surface area contributed by atoms with Gasteiger partial charge in [-0.15, -0.1) is 11.3 Å². The van der Waals surface area contributed by atoms with Crippen LogP contribution in [0.5, 0.6) is 0 Å². The molecule has 3 aromatic carbocycles. The third-order valence-electron chi connectivity index (χ3n) is 5.49. The summed E-state index contributed by atoms with van der Waals surface area (Å²) in [5.41, 5.74) is 3.89. The number of thiazole rings is 1. The number of nitrogens with one attached hydrogen (secondary N) is 1. The standard InChI is InChI=1S/C29H23N3O2S/c1-20-16-17-23(18-21(20)2)31-27(33)25(19-30)29-32(24-13-7-4-8-14-24)28(34)26(35-29)15-9-12-22-10-5-3-6-11-22/h3-18H,1-2H3,(H,31,33)/b12-9+,26-15?,29-25-. The number of hydrogen-bond donors (Lipinski definition) is 1. The Kier molecular flexibility index (Phi) is 7.20. The lowest BCUT2D eigenvalue weighted by molar-refractivity contribution is -0.111. The number of carbonyl (C=O) groups excluding carboxylic acids is 1. The van der Waals surface area contributed by atoms with Gasteiger partial charge in [0.25, 0.3) is 11.5 Å². The zero-order chi connectivity index (χ0) is 24.8. The molecule has 172 valence electrons. The van der Waals surface area contributed by atoms with E-state index < -0.39 is 5.91 Å². The fraction of sp³-hybridized carbons (Fsp3) is 0.0690. The Morgan fingerprint density at radius 2 is 1.66 bits per heavy atom. The molecule has 0 spiro atoms. The van der Waals surface area contributed by atoms with Crippen molar-refractivity contribution >= 4 is 40.7 Å². The molecule has 0 fully saturated rings. The molecule has 0 radical (unpaired) electrons. The number of benzene rings is 3. The summed E-state index contributed by atoms with van der Waals surface area (Å²) in [5, 5.41) is 12.7. The van der Waals surface area contributed by atoms with Gasteiger partial charge < -0.3 is 5.32 Å². The van der Waals surface area contributed by atoms with Crippen LogP contribution in [0.4, 0.5) is 5.69 Å². The number of aryl methyl sites for hydroxylation is 2. The zero-order valence-electron chi connectivity index (χ0n) is 19.4. The molecule has 1 heterocycles. The number of amides is 1. The number of allylic oxidation sites excluding steroid dienone is 1. The van der Waals surface area contributed by atoms with Crippen LogP contribution in [0.1, 0.15) is 16.7 Å². The molecule has 4 aromatic rings. The van der Waals surface area contributed by atoms with Gasteiger partial charge in [0, 0.05) is 5.69 Å². The zero-order valence-corrected chi connectivity index (χ0v) is 20.2. The monoisotopic (exact) mass is 477 g/mol. The Balaban J connectivity index is 1.86. The summed E-state index contributed by atoms with van der Waals surface area (Å²) in [6, 6.07) is 26.3. The van der Waals surface area contributed by atoms with Gasteiger partial charge in [-0.3, -0.25) is 14.2 Å². The summed E-state index contributed by atoms with van der Waals surface area (Å²) in [7, 11) is 0. The summed E-state index contributed by atoms with van der Waals surface area (Å²) in [6.07, 6.45) is 5.40. The van der Waals surface area contributed by atoms with Crippen LogP contribution in [0, 0.1) is 25.2 Å². The lowest BCUT2D eigenvalue weighted by Gasteiger charge is -2.07. The highest BCUT2D eigenvalue weighted by Crippen LogP contribution is 2.15. The molecule has 0 saturated carbocycles. The highest BCUT2D eigenvalue weighted by Gasteiger charge is 2.17. The first-order valence-corrected chi connectivity index (χ1v) is 11.8. The van der Waals surface area contributed by atoms with Gasteiger partial charge in [-0.2, -0.15) is 5.26 Å². The Morgan fingerprint density at radius 3 is 2.31 bits per heavy atom. The van der Waals surface area contributed by atoms with Gasteiger partial charge in [-0.25, -0.2) is 0 Å². The molecule has 0 aliphatic carbocycles. The van der Waals surface area contributed by atoms with Gasteiger partial charge in [-0.1, -0.05) is 66.7 Å². The Labute approximate surface area is 207 Å².